The van der Waals surface area contributed by atoms with Crippen molar-refractivity contribution < 1.29 is 0 Å². The summed E-state index contributed by atoms with van der Waals surface area (Å²) in [5.74, 6) is 1.24. The molecule has 0 bridgehead atoms. The molecule has 1 N–H and O–H groups in total. The Morgan fingerprint density at radius 3 is 2.26 bits per heavy atom. The highest BCUT2D eigenvalue weighted by Crippen LogP contribution is 2.19. The zero-order valence-corrected chi connectivity index (χ0v) is 12.2. The van der Waals surface area contributed by atoms with Gasteiger partial charge < -0.3 is 5.32 Å². The second kappa shape index (κ2) is 8.03. The molecule has 100 valence electrons. The molecule has 0 amide bonds. The van der Waals surface area contributed by atoms with Crippen molar-refractivity contribution in [2.45, 2.75) is 13.0 Å². The molecule has 2 aromatic carbocycles. The van der Waals surface area contributed by atoms with Gasteiger partial charge in [-0.05, 0) is 41.7 Å². The second-order valence-electron chi connectivity index (χ2n) is 4.59. The molecule has 2 aromatic rings. The third-order valence-electron chi connectivity index (χ3n) is 3.09. The van der Waals surface area contributed by atoms with Crippen LogP contribution in [0.25, 0.3) is 11.1 Å². The molecule has 0 aliphatic carbocycles. The molecule has 0 radical (unpaired) electrons. The second-order valence-corrected chi connectivity index (χ2v) is 5.57. The van der Waals surface area contributed by atoms with Crippen molar-refractivity contribution in [3.8, 4) is 11.1 Å². The van der Waals surface area contributed by atoms with E-state index < -0.39 is 0 Å². The summed E-state index contributed by atoms with van der Waals surface area (Å²) in [6, 6.07) is 19.3. The van der Waals surface area contributed by atoms with E-state index >= 15 is 0 Å². The van der Waals surface area contributed by atoms with Gasteiger partial charge in [-0.3, -0.25) is 0 Å². The number of thioether (sulfide) groups is 1. The zero-order valence-electron chi connectivity index (χ0n) is 11.4. The standard InChI is InChI=1S/C17H21NS/c1-19-13-5-12-18-14-15-8-10-17(11-9-15)16-6-3-2-4-7-16/h2-4,6-11,18H,5,12-14H2,1H3. The Balaban J connectivity index is 1.85. The molecule has 0 fully saturated rings. The van der Waals surface area contributed by atoms with E-state index in [4.69, 9.17) is 0 Å². The predicted molar refractivity (Wildman–Crippen MR) is 86.6 cm³/mol. The lowest BCUT2D eigenvalue weighted by Crippen LogP contribution is -2.15. The predicted octanol–water partition coefficient (Wildman–Crippen LogP) is 4.20. The Bertz CT molecular complexity index is 464. The first-order valence-electron chi connectivity index (χ1n) is 6.74. The molecule has 0 aliphatic heterocycles. The molecule has 2 heteroatoms. The van der Waals surface area contributed by atoms with Crippen molar-refractivity contribution in [1.82, 2.24) is 5.32 Å². The van der Waals surface area contributed by atoms with Crippen LogP contribution in [-0.2, 0) is 6.54 Å². The molecule has 1 nitrogen and oxygen atoms in total. The van der Waals surface area contributed by atoms with Gasteiger partial charge in [-0.15, -0.1) is 0 Å². The molecular formula is C17H21NS. The van der Waals surface area contributed by atoms with Crippen molar-refractivity contribution in [2.24, 2.45) is 0 Å². The van der Waals surface area contributed by atoms with Gasteiger partial charge in [0.15, 0.2) is 0 Å². The van der Waals surface area contributed by atoms with Crippen LogP contribution in [0.2, 0.25) is 0 Å². The number of rotatable bonds is 7. The van der Waals surface area contributed by atoms with Gasteiger partial charge in [0.1, 0.15) is 0 Å². The van der Waals surface area contributed by atoms with E-state index in [0.717, 1.165) is 13.1 Å². The maximum atomic E-state index is 3.48. The SMILES string of the molecule is CSCCCNCc1ccc(-c2ccccc2)cc1. The quantitative estimate of drug-likeness (QED) is 0.758. The number of benzene rings is 2. The fourth-order valence-electron chi connectivity index (χ4n) is 2.02. The highest BCUT2D eigenvalue weighted by atomic mass is 32.2. The maximum Gasteiger partial charge on any atom is 0.0205 e. The molecule has 0 saturated carbocycles. The van der Waals surface area contributed by atoms with Crippen molar-refractivity contribution in [3.05, 3.63) is 60.2 Å². The van der Waals surface area contributed by atoms with E-state index in [9.17, 15) is 0 Å². The minimum atomic E-state index is 0.962. The molecule has 19 heavy (non-hydrogen) atoms. The van der Waals surface area contributed by atoms with Gasteiger partial charge in [0, 0.05) is 6.54 Å². The van der Waals surface area contributed by atoms with Gasteiger partial charge in [0.05, 0.1) is 0 Å². The summed E-state index contributed by atoms with van der Waals surface area (Å²) in [7, 11) is 0. The van der Waals surface area contributed by atoms with Crippen molar-refractivity contribution in [1.29, 1.82) is 0 Å². The third-order valence-corrected chi connectivity index (χ3v) is 3.79. The molecular weight excluding hydrogens is 250 g/mol. The normalized spacial score (nSPS) is 10.6. The van der Waals surface area contributed by atoms with Crippen molar-refractivity contribution in [3.63, 3.8) is 0 Å². The monoisotopic (exact) mass is 271 g/mol. The van der Waals surface area contributed by atoms with Crippen LogP contribution in [0.3, 0.4) is 0 Å². The summed E-state index contributed by atoms with van der Waals surface area (Å²) < 4.78 is 0. The van der Waals surface area contributed by atoms with Gasteiger partial charge in [0.25, 0.3) is 0 Å². The molecule has 0 aromatic heterocycles. The Morgan fingerprint density at radius 2 is 1.58 bits per heavy atom. The largest absolute Gasteiger partial charge is 0.313 e. The maximum absolute atomic E-state index is 3.48. The molecule has 2 rings (SSSR count). The average molecular weight is 271 g/mol. The van der Waals surface area contributed by atoms with Crippen LogP contribution in [0.5, 0.6) is 0 Å². The number of hydrogen-bond acceptors (Lipinski definition) is 2. The van der Waals surface area contributed by atoms with Gasteiger partial charge in [-0.2, -0.15) is 11.8 Å². The summed E-state index contributed by atoms with van der Waals surface area (Å²) in [5.41, 5.74) is 3.91. The Morgan fingerprint density at radius 1 is 0.895 bits per heavy atom. The summed E-state index contributed by atoms with van der Waals surface area (Å²) in [4.78, 5) is 0. The summed E-state index contributed by atoms with van der Waals surface area (Å²) in [6.07, 6.45) is 3.39. The van der Waals surface area contributed by atoms with Gasteiger partial charge in [-0.1, -0.05) is 54.6 Å². The molecule has 0 atom stereocenters. The van der Waals surface area contributed by atoms with Gasteiger partial charge >= 0.3 is 0 Å². The summed E-state index contributed by atoms with van der Waals surface area (Å²) in [6.45, 7) is 2.06. The van der Waals surface area contributed by atoms with E-state index in [-0.39, 0.29) is 0 Å². The van der Waals surface area contributed by atoms with E-state index in [0.29, 0.717) is 0 Å². The molecule has 0 unspecified atom stereocenters. The van der Waals surface area contributed by atoms with Crippen LogP contribution in [0, 0.1) is 0 Å². The summed E-state index contributed by atoms with van der Waals surface area (Å²) >= 11 is 1.91. The van der Waals surface area contributed by atoms with Crippen LogP contribution in [0.1, 0.15) is 12.0 Å². The van der Waals surface area contributed by atoms with E-state index in [1.165, 1.54) is 28.9 Å². The first kappa shape index (κ1) is 14.2. The highest BCUT2D eigenvalue weighted by molar-refractivity contribution is 7.98. The first-order chi connectivity index (χ1) is 9.40. The molecule has 0 aliphatic rings. The zero-order chi connectivity index (χ0) is 13.3. The molecule has 0 spiro atoms. The van der Waals surface area contributed by atoms with Crippen LogP contribution >= 0.6 is 11.8 Å². The van der Waals surface area contributed by atoms with Crippen LogP contribution in [0.4, 0.5) is 0 Å². The van der Waals surface area contributed by atoms with Crippen molar-refractivity contribution in [2.75, 3.05) is 18.6 Å². The Hall–Kier alpha value is -1.25. The molecule has 0 heterocycles. The highest BCUT2D eigenvalue weighted by Gasteiger charge is 1.97. The summed E-state index contributed by atoms with van der Waals surface area (Å²) in [5, 5.41) is 3.48. The van der Waals surface area contributed by atoms with Gasteiger partial charge in [0.2, 0.25) is 0 Å². The minimum Gasteiger partial charge on any atom is -0.313 e. The smallest absolute Gasteiger partial charge is 0.0205 e. The lowest BCUT2D eigenvalue weighted by atomic mass is 10.0. The Labute approximate surface area is 120 Å². The van der Waals surface area contributed by atoms with Crippen LogP contribution in [-0.4, -0.2) is 18.6 Å². The van der Waals surface area contributed by atoms with E-state index in [1.54, 1.807) is 0 Å². The van der Waals surface area contributed by atoms with E-state index in [2.05, 4.69) is 66.2 Å². The first-order valence-corrected chi connectivity index (χ1v) is 8.13. The molecule has 0 saturated heterocycles. The fraction of sp³-hybridized carbons (Fsp3) is 0.294. The van der Waals surface area contributed by atoms with Crippen LogP contribution < -0.4 is 5.32 Å². The minimum absolute atomic E-state index is 0.962. The third kappa shape index (κ3) is 4.73. The lowest BCUT2D eigenvalue weighted by Gasteiger charge is -2.06. The van der Waals surface area contributed by atoms with Gasteiger partial charge in [-0.25, -0.2) is 0 Å². The van der Waals surface area contributed by atoms with Crippen LogP contribution in [0.15, 0.2) is 54.6 Å². The lowest BCUT2D eigenvalue weighted by molar-refractivity contribution is 0.679. The topological polar surface area (TPSA) is 12.0 Å². The fourth-order valence-corrected chi connectivity index (χ4v) is 2.45. The Kier molecular flexibility index (Phi) is 5.99. The average Bonchev–Trinajstić information content (AvgIpc) is 2.49. The number of nitrogens with one attached hydrogen (secondary N) is 1. The number of hydrogen-bond donors (Lipinski definition) is 1. The van der Waals surface area contributed by atoms with E-state index in [1.807, 2.05) is 11.8 Å². The van der Waals surface area contributed by atoms with Crippen molar-refractivity contribution >= 4 is 11.8 Å².